The number of carboxylic acid groups (broad SMARTS) is 1. The molecule has 0 heterocycles. The molecule has 0 saturated carbocycles. The average molecular weight is 397 g/mol. The van der Waals surface area contributed by atoms with Crippen LogP contribution in [0.5, 0.6) is 0 Å². The zero-order chi connectivity index (χ0) is 21.2. The summed E-state index contributed by atoms with van der Waals surface area (Å²) in [6, 6.07) is 16.0. The van der Waals surface area contributed by atoms with E-state index in [9.17, 15) is 14.4 Å². The lowest BCUT2D eigenvalue weighted by Gasteiger charge is -2.16. The molecule has 154 valence electrons. The predicted molar refractivity (Wildman–Crippen MR) is 113 cm³/mol. The number of carbonyl (C=O) groups excluding carboxylic acids is 2. The summed E-state index contributed by atoms with van der Waals surface area (Å²) in [4.78, 5) is 35.2. The Labute approximate surface area is 170 Å². The Kier molecular flexibility index (Phi) is 8.21. The van der Waals surface area contributed by atoms with E-state index in [1.807, 2.05) is 56.3 Å². The van der Waals surface area contributed by atoms with Crippen LogP contribution < -0.4 is 16.0 Å². The van der Waals surface area contributed by atoms with Crippen LogP contribution in [0.25, 0.3) is 0 Å². The van der Waals surface area contributed by atoms with Crippen molar-refractivity contribution in [3.8, 4) is 0 Å². The summed E-state index contributed by atoms with van der Waals surface area (Å²) < 4.78 is 0. The molecule has 0 spiro atoms. The van der Waals surface area contributed by atoms with Crippen LogP contribution in [0.3, 0.4) is 0 Å². The minimum Gasteiger partial charge on any atom is -0.480 e. The van der Waals surface area contributed by atoms with Gasteiger partial charge in [-0.15, -0.1) is 0 Å². The van der Waals surface area contributed by atoms with Gasteiger partial charge in [0.2, 0.25) is 11.8 Å². The lowest BCUT2D eigenvalue weighted by atomic mass is 10.0. The van der Waals surface area contributed by atoms with Gasteiger partial charge in [0.15, 0.2) is 0 Å². The van der Waals surface area contributed by atoms with Crippen molar-refractivity contribution in [2.45, 2.75) is 39.2 Å². The van der Waals surface area contributed by atoms with E-state index < -0.39 is 17.9 Å². The fourth-order valence-corrected chi connectivity index (χ4v) is 2.73. The Hall–Kier alpha value is -3.35. The number of hydrogen-bond donors (Lipinski definition) is 4. The van der Waals surface area contributed by atoms with Crippen molar-refractivity contribution in [1.29, 1.82) is 0 Å². The van der Waals surface area contributed by atoms with E-state index in [-0.39, 0.29) is 24.7 Å². The summed E-state index contributed by atoms with van der Waals surface area (Å²) in [6.45, 7) is 3.77. The highest BCUT2D eigenvalue weighted by molar-refractivity contribution is 5.94. The van der Waals surface area contributed by atoms with Crippen LogP contribution in [-0.2, 0) is 14.4 Å². The SMILES string of the molecule is CC(C)C[C@H](NC(=O)CCC(=O)Nc1ccc(Nc2ccccc2)cc1)C(=O)O. The summed E-state index contributed by atoms with van der Waals surface area (Å²) in [5.41, 5.74) is 2.48. The molecule has 7 heteroatoms. The third-order valence-corrected chi connectivity index (χ3v) is 4.15. The molecule has 7 nitrogen and oxygen atoms in total. The fraction of sp³-hybridized carbons (Fsp3) is 0.318. The number of rotatable bonds is 10. The van der Waals surface area contributed by atoms with Crippen molar-refractivity contribution in [1.82, 2.24) is 5.32 Å². The second-order valence-electron chi connectivity index (χ2n) is 7.20. The van der Waals surface area contributed by atoms with Crippen LogP contribution in [0.15, 0.2) is 54.6 Å². The topological polar surface area (TPSA) is 108 Å². The molecule has 0 fully saturated rings. The maximum atomic E-state index is 12.1. The van der Waals surface area contributed by atoms with Gasteiger partial charge < -0.3 is 21.1 Å². The number of benzene rings is 2. The highest BCUT2D eigenvalue weighted by atomic mass is 16.4. The number of aliphatic carboxylic acids is 1. The van der Waals surface area contributed by atoms with E-state index in [1.165, 1.54) is 0 Å². The summed E-state index contributed by atoms with van der Waals surface area (Å²) in [5.74, 6) is -1.69. The molecule has 0 saturated heterocycles. The maximum absolute atomic E-state index is 12.1. The number of amides is 2. The zero-order valence-electron chi connectivity index (χ0n) is 16.6. The van der Waals surface area contributed by atoms with Crippen molar-refractivity contribution in [2.24, 2.45) is 5.92 Å². The lowest BCUT2D eigenvalue weighted by molar-refractivity contribution is -0.142. The van der Waals surface area contributed by atoms with E-state index in [0.29, 0.717) is 12.1 Å². The van der Waals surface area contributed by atoms with Crippen molar-refractivity contribution >= 4 is 34.8 Å². The number of hydrogen-bond acceptors (Lipinski definition) is 4. The highest BCUT2D eigenvalue weighted by Gasteiger charge is 2.21. The zero-order valence-corrected chi connectivity index (χ0v) is 16.6. The molecule has 0 aliphatic carbocycles. The van der Waals surface area contributed by atoms with Gasteiger partial charge in [-0.25, -0.2) is 4.79 Å². The summed E-state index contributed by atoms with van der Waals surface area (Å²) in [7, 11) is 0. The summed E-state index contributed by atoms with van der Waals surface area (Å²) in [6.07, 6.45) is 0.252. The fourth-order valence-electron chi connectivity index (χ4n) is 2.73. The van der Waals surface area contributed by atoms with Crippen molar-refractivity contribution < 1.29 is 19.5 Å². The average Bonchev–Trinajstić information content (AvgIpc) is 2.68. The first-order valence-electron chi connectivity index (χ1n) is 9.57. The van der Waals surface area contributed by atoms with Gasteiger partial charge in [0.25, 0.3) is 0 Å². The monoisotopic (exact) mass is 397 g/mol. The molecule has 0 aliphatic rings. The van der Waals surface area contributed by atoms with Gasteiger partial charge in [-0.1, -0.05) is 32.0 Å². The normalized spacial score (nSPS) is 11.6. The molecular weight excluding hydrogens is 370 g/mol. The number of carboxylic acids is 1. The molecule has 2 rings (SSSR count). The number of carbonyl (C=O) groups is 3. The van der Waals surface area contributed by atoms with E-state index in [0.717, 1.165) is 11.4 Å². The van der Waals surface area contributed by atoms with Gasteiger partial charge in [0.05, 0.1) is 0 Å². The maximum Gasteiger partial charge on any atom is 0.326 e. The molecule has 0 unspecified atom stereocenters. The Bertz CT molecular complexity index is 820. The van der Waals surface area contributed by atoms with Crippen LogP contribution in [-0.4, -0.2) is 28.9 Å². The molecule has 2 amide bonds. The highest BCUT2D eigenvalue weighted by Crippen LogP contribution is 2.18. The molecule has 1 atom stereocenters. The molecule has 0 aliphatic heterocycles. The van der Waals surface area contributed by atoms with E-state index in [4.69, 9.17) is 5.11 Å². The number of nitrogens with one attached hydrogen (secondary N) is 3. The predicted octanol–water partition coefficient (Wildman–Crippen LogP) is 3.76. The van der Waals surface area contributed by atoms with Crippen LogP contribution in [0.2, 0.25) is 0 Å². The van der Waals surface area contributed by atoms with Gasteiger partial charge in [-0.3, -0.25) is 9.59 Å². The number of para-hydroxylation sites is 1. The standard InChI is InChI=1S/C22H27N3O4/c1-15(2)14-19(22(28)29)25-21(27)13-12-20(26)24-18-10-8-17(9-11-18)23-16-6-4-3-5-7-16/h3-11,15,19,23H,12-14H2,1-2H3,(H,24,26)(H,25,27)(H,28,29)/t19-/m0/s1. The minimum atomic E-state index is -1.07. The molecule has 4 N–H and O–H groups in total. The molecule has 2 aromatic carbocycles. The first kappa shape index (κ1) is 21.9. The van der Waals surface area contributed by atoms with Crippen LogP contribution in [0.4, 0.5) is 17.1 Å². The first-order chi connectivity index (χ1) is 13.8. The molecule has 0 radical (unpaired) electrons. The Morgan fingerprint density at radius 1 is 0.828 bits per heavy atom. The van der Waals surface area contributed by atoms with Crippen LogP contribution in [0.1, 0.15) is 33.1 Å². The van der Waals surface area contributed by atoms with Gasteiger partial charge in [0.1, 0.15) is 6.04 Å². The third kappa shape index (κ3) is 8.04. The van der Waals surface area contributed by atoms with Gasteiger partial charge >= 0.3 is 5.97 Å². The van der Waals surface area contributed by atoms with E-state index in [2.05, 4.69) is 16.0 Å². The molecular formula is C22H27N3O4. The second-order valence-corrected chi connectivity index (χ2v) is 7.20. The Morgan fingerprint density at radius 2 is 1.38 bits per heavy atom. The van der Waals surface area contributed by atoms with Crippen molar-refractivity contribution in [3.63, 3.8) is 0 Å². The molecule has 0 bridgehead atoms. The van der Waals surface area contributed by atoms with Gasteiger partial charge in [-0.05, 0) is 48.7 Å². The molecule has 29 heavy (non-hydrogen) atoms. The van der Waals surface area contributed by atoms with Crippen molar-refractivity contribution in [2.75, 3.05) is 10.6 Å². The third-order valence-electron chi connectivity index (χ3n) is 4.15. The van der Waals surface area contributed by atoms with Gasteiger partial charge in [-0.2, -0.15) is 0 Å². The van der Waals surface area contributed by atoms with Crippen molar-refractivity contribution in [3.05, 3.63) is 54.6 Å². The Morgan fingerprint density at radius 3 is 1.97 bits per heavy atom. The second kappa shape index (κ2) is 10.8. The molecule has 0 aromatic heterocycles. The summed E-state index contributed by atoms with van der Waals surface area (Å²) >= 11 is 0. The largest absolute Gasteiger partial charge is 0.480 e. The van der Waals surface area contributed by atoms with E-state index in [1.54, 1.807) is 12.1 Å². The lowest BCUT2D eigenvalue weighted by Crippen LogP contribution is -2.41. The van der Waals surface area contributed by atoms with Crippen LogP contribution >= 0.6 is 0 Å². The quantitative estimate of drug-likeness (QED) is 0.488. The molecule has 2 aromatic rings. The first-order valence-corrected chi connectivity index (χ1v) is 9.57. The number of anilines is 3. The van der Waals surface area contributed by atoms with Crippen LogP contribution in [0, 0.1) is 5.92 Å². The summed E-state index contributed by atoms with van der Waals surface area (Å²) in [5, 5.41) is 17.6. The Balaban J connectivity index is 1.78. The minimum absolute atomic E-state index is 0.0239. The van der Waals surface area contributed by atoms with E-state index >= 15 is 0 Å². The smallest absolute Gasteiger partial charge is 0.326 e. The van der Waals surface area contributed by atoms with Gasteiger partial charge in [0, 0.05) is 29.9 Å².